The van der Waals surface area contributed by atoms with Gasteiger partial charge in [-0.15, -0.1) is 0 Å². The zero-order valence-electron chi connectivity index (χ0n) is 18.9. The molecule has 0 unspecified atom stereocenters. The van der Waals surface area contributed by atoms with Crippen molar-refractivity contribution in [2.24, 2.45) is 11.7 Å². The number of likely N-dealkylation sites (tertiary alicyclic amines) is 1. The molecule has 11 heteroatoms. The summed E-state index contributed by atoms with van der Waals surface area (Å²) >= 11 is 0. The molecule has 0 saturated carbocycles. The molecule has 3 amide bonds. The van der Waals surface area contributed by atoms with Crippen molar-refractivity contribution >= 4 is 23.2 Å². The smallest absolute Gasteiger partial charge is 0.412 e. The highest BCUT2D eigenvalue weighted by Gasteiger charge is 2.31. The van der Waals surface area contributed by atoms with Gasteiger partial charge in [0.25, 0.3) is 0 Å². The maximum atomic E-state index is 13.1. The van der Waals surface area contributed by atoms with Gasteiger partial charge in [0.2, 0.25) is 6.43 Å². The second-order valence-corrected chi connectivity index (χ2v) is 8.73. The van der Waals surface area contributed by atoms with Crippen molar-refractivity contribution in [3.63, 3.8) is 0 Å². The van der Waals surface area contributed by atoms with Crippen LogP contribution in [-0.4, -0.2) is 64.6 Å². The maximum absolute atomic E-state index is 13.1. The van der Waals surface area contributed by atoms with Crippen LogP contribution in [0.25, 0.3) is 22.2 Å². The minimum atomic E-state index is -2.34. The number of H-pyrrole nitrogens is 1. The standard InChI is InChI=1S/C24H25F2N5O4/c25-21(26)14-5-7-30(8-6-14)24(33)31-9-10-34-20-4-2-15(11-17(20)13-31)16-1-3-18-19(12-16)29-23(28-18)35-22(27)32/h1-4,11-12,14,21H,5-10,13H2,(H2,27,32)(H,28,29). The summed E-state index contributed by atoms with van der Waals surface area (Å²) in [5.41, 5.74) is 9.01. The van der Waals surface area contributed by atoms with E-state index >= 15 is 0 Å². The number of imidazole rings is 1. The number of piperidine rings is 1. The summed E-state index contributed by atoms with van der Waals surface area (Å²) < 4.78 is 36.6. The van der Waals surface area contributed by atoms with Crippen molar-refractivity contribution in [2.75, 3.05) is 26.2 Å². The van der Waals surface area contributed by atoms with Crippen molar-refractivity contribution in [2.45, 2.75) is 25.8 Å². The quantitative estimate of drug-likeness (QED) is 0.583. The Labute approximate surface area is 199 Å². The lowest BCUT2D eigenvalue weighted by atomic mass is 9.97. The summed E-state index contributed by atoms with van der Waals surface area (Å²) in [7, 11) is 0. The molecule has 2 aromatic carbocycles. The number of nitrogens with one attached hydrogen (secondary N) is 1. The molecule has 0 atom stereocenters. The highest BCUT2D eigenvalue weighted by Crippen LogP contribution is 2.32. The first-order chi connectivity index (χ1) is 16.9. The van der Waals surface area contributed by atoms with Gasteiger partial charge in [0, 0.05) is 24.6 Å². The number of nitrogens with two attached hydrogens (primary N) is 1. The number of aromatic nitrogens is 2. The van der Waals surface area contributed by atoms with Gasteiger partial charge in [0.15, 0.2) is 0 Å². The molecule has 5 rings (SSSR count). The van der Waals surface area contributed by atoms with E-state index in [1.54, 1.807) is 15.9 Å². The van der Waals surface area contributed by atoms with Gasteiger partial charge in [-0.25, -0.2) is 18.4 Å². The number of carbonyl (C=O) groups excluding carboxylic acids is 2. The molecule has 2 aliphatic heterocycles. The molecular formula is C24H25F2N5O4. The van der Waals surface area contributed by atoms with E-state index in [4.69, 9.17) is 15.2 Å². The number of alkyl halides is 2. The zero-order valence-corrected chi connectivity index (χ0v) is 18.9. The number of ether oxygens (including phenoxy) is 2. The maximum Gasteiger partial charge on any atom is 0.412 e. The van der Waals surface area contributed by atoms with Crippen molar-refractivity contribution < 1.29 is 27.8 Å². The van der Waals surface area contributed by atoms with Gasteiger partial charge >= 0.3 is 18.1 Å². The lowest BCUT2D eigenvalue weighted by molar-refractivity contribution is 0.0374. The lowest BCUT2D eigenvalue weighted by Gasteiger charge is -2.35. The number of carbonyl (C=O) groups is 2. The summed E-state index contributed by atoms with van der Waals surface area (Å²) in [6.07, 6.45) is -2.66. The Hall–Kier alpha value is -3.89. The number of halogens is 2. The van der Waals surface area contributed by atoms with E-state index in [0.29, 0.717) is 62.4 Å². The molecule has 0 aliphatic carbocycles. The zero-order chi connectivity index (χ0) is 24.5. The Kier molecular flexibility index (Phi) is 6.14. The van der Waals surface area contributed by atoms with Crippen LogP contribution in [0.4, 0.5) is 18.4 Å². The molecule has 35 heavy (non-hydrogen) atoms. The molecule has 184 valence electrons. The van der Waals surface area contributed by atoms with Crippen LogP contribution in [0.5, 0.6) is 11.8 Å². The summed E-state index contributed by atoms with van der Waals surface area (Å²) in [5, 5.41) is 0. The first kappa shape index (κ1) is 22.9. The first-order valence-corrected chi connectivity index (χ1v) is 11.4. The number of primary amides is 1. The minimum Gasteiger partial charge on any atom is -0.491 e. The Morgan fingerprint density at radius 3 is 2.57 bits per heavy atom. The predicted octanol–water partition coefficient (Wildman–Crippen LogP) is 3.98. The van der Waals surface area contributed by atoms with E-state index < -0.39 is 18.4 Å². The third-order valence-electron chi connectivity index (χ3n) is 6.47. The largest absolute Gasteiger partial charge is 0.491 e. The first-order valence-electron chi connectivity index (χ1n) is 11.4. The van der Waals surface area contributed by atoms with Gasteiger partial charge in [0.05, 0.1) is 24.1 Å². The van der Waals surface area contributed by atoms with Gasteiger partial charge < -0.3 is 30.0 Å². The van der Waals surface area contributed by atoms with Crippen molar-refractivity contribution in [1.82, 2.24) is 19.8 Å². The normalized spacial score (nSPS) is 16.7. The average molecular weight is 485 g/mol. The molecule has 0 spiro atoms. The third-order valence-corrected chi connectivity index (χ3v) is 6.47. The van der Waals surface area contributed by atoms with E-state index in [1.807, 2.05) is 30.3 Å². The number of benzene rings is 2. The highest BCUT2D eigenvalue weighted by atomic mass is 19.3. The van der Waals surface area contributed by atoms with Crippen molar-refractivity contribution in [3.05, 3.63) is 42.0 Å². The molecular weight excluding hydrogens is 460 g/mol. The molecule has 3 aromatic rings. The van der Waals surface area contributed by atoms with E-state index in [2.05, 4.69) is 9.97 Å². The number of hydrogen-bond donors (Lipinski definition) is 2. The third kappa shape index (κ3) is 4.84. The Morgan fingerprint density at radius 2 is 1.83 bits per heavy atom. The van der Waals surface area contributed by atoms with Crippen LogP contribution in [0.3, 0.4) is 0 Å². The summed E-state index contributed by atoms with van der Waals surface area (Å²) in [4.78, 5) is 34.6. The van der Waals surface area contributed by atoms with Crippen LogP contribution >= 0.6 is 0 Å². The topological polar surface area (TPSA) is 114 Å². The molecule has 2 aliphatic rings. The van der Waals surface area contributed by atoms with E-state index in [1.165, 1.54) is 0 Å². The van der Waals surface area contributed by atoms with Gasteiger partial charge in [-0.1, -0.05) is 12.1 Å². The SMILES string of the molecule is NC(=O)Oc1nc2ccc(-c3ccc4c(c3)CN(C(=O)N3CCC(C(F)F)CC3)CCO4)cc2[nH]1. The van der Waals surface area contributed by atoms with E-state index in [0.717, 1.165) is 16.7 Å². The Bertz CT molecular complexity index is 1260. The average Bonchev–Trinajstić information content (AvgIpc) is 3.11. The number of aromatic amines is 1. The van der Waals surface area contributed by atoms with Crippen molar-refractivity contribution in [1.29, 1.82) is 0 Å². The van der Waals surface area contributed by atoms with Crippen LogP contribution in [0.1, 0.15) is 18.4 Å². The van der Waals surface area contributed by atoms with Crippen LogP contribution in [0.15, 0.2) is 36.4 Å². The number of amides is 3. The Morgan fingerprint density at radius 1 is 1.09 bits per heavy atom. The lowest BCUT2D eigenvalue weighted by Crippen LogP contribution is -2.47. The molecule has 3 N–H and O–H groups in total. The Balaban J connectivity index is 1.34. The fourth-order valence-electron chi connectivity index (χ4n) is 4.59. The molecule has 9 nitrogen and oxygen atoms in total. The molecule has 0 radical (unpaired) electrons. The van der Waals surface area contributed by atoms with Gasteiger partial charge in [-0.05, 0) is 48.2 Å². The summed E-state index contributed by atoms with van der Waals surface area (Å²) in [6.45, 7) is 1.81. The summed E-state index contributed by atoms with van der Waals surface area (Å²) in [6, 6.07) is 11.2. The number of urea groups is 1. The number of fused-ring (bicyclic) bond motifs is 2. The van der Waals surface area contributed by atoms with Gasteiger partial charge in [-0.3, -0.25) is 0 Å². The number of hydrogen-bond acceptors (Lipinski definition) is 5. The number of rotatable bonds is 3. The van der Waals surface area contributed by atoms with Crippen LogP contribution < -0.4 is 15.2 Å². The van der Waals surface area contributed by atoms with Crippen molar-refractivity contribution in [3.8, 4) is 22.9 Å². The fourth-order valence-corrected chi connectivity index (χ4v) is 4.59. The second kappa shape index (κ2) is 9.40. The highest BCUT2D eigenvalue weighted by molar-refractivity contribution is 5.83. The molecule has 1 fully saturated rings. The van der Waals surface area contributed by atoms with Crippen LogP contribution in [0.2, 0.25) is 0 Å². The van der Waals surface area contributed by atoms with Crippen LogP contribution in [0, 0.1) is 5.92 Å². The molecule has 1 saturated heterocycles. The summed E-state index contributed by atoms with van der Waals surface area (Å²) in [5.74, 6) is 0.0701. The molecule has 1 aromatic heterocycles. The fraction of sp³-hybridized carbons (Fsp3) is 0.375. The van der Waals surface area contributed by atoms with Gasteiger partial charge in [0.1, 0.15) is 12.4 Å². The monoisotopic (exact) mass is 485 g/mol. The van der Waals surface area contributed by atoms with Crippen LogP contribution in [-0.2, 0) is 6.54 Å². The minimum absolute atomic E-state index is 0.0201. The van der Waals surface area contributed by atoms with E-state index in [-0.39, 0.29) is 12.0 Å². The van der Waals surface area contributed by atoms with E-state index in [9.17, 15) is 18.4 Å². The number of nitrogens with zero attached hydrogens (tertiary/aromatic N) is 3. The molecule has 0 bridgehead atoms. The predicted molar refractivity (Wildman–Crippen MR) is 123 cm³/mol. The molecule has 3 heterocycles. The second-order valence-electron chi connectivity index (χ2n) is 8.73. The van der Waals surface area contributed by atoms with Gasteiger partial charge in [-0.2, -0.15) is 4.98 Å².